The Kier molecular flexibility index (Phi) is 56.4. The van der Waals surface area contributed by atoms with E-state index in [1.807, 2.05) is 27.2 Å². The van der Waals surface area contributed by atoms with E-state index in [0.717, 1.165) is 44.9 Å². The summed E-state index contributed by atoms with van der Waals surface area (Å²) >= 11 is 0. The number of carbonyl (C=O) groups is 1. The van der Waals surface area contributed by atoms with E-state index in [4.69, 9.17) is 9.05 Å². The zero-order chi connectivity index (χ0) is 54.9. The van der Waals surface area contributed by atoms with Gasteiger partial charge in [-0.1, -0.05) is 314 Å². The van der Waals surface area contributed by atoms with Crippen LogP contribution in [0, 0.1) is 0 Å². The molecule has 3 atom stereocenters. The van der Waals surface area contributed by atoms with Crippen LogP contribution < -0.4 is 10.2 Å². The van der Waals surface area contributed by atoms with Crippen LogP contribution >= 0.6 is 7.82 Å². The third kappa shape index (κ3) is 60.2. The Morgan fingerprint density at radius 1 is 0.453 bits per heavy atom. The number of hydrogen-bond acceptors (Lipinski definition) is 6. The summed E-state index contributed by atoms with van der Waals surface area (Å²) in [7, 11) is 1.25. The van der Waals surface area contributed by atoms with E-state index in [2.05, 4.69) is 43.5 Å². The third-order valence-corrected chi connectivity index (χ3v) is 16.0. The second kappa shape index (κ2) is 57.4. The van der Waals surface area contributed by atoms with E-state index < -0.39 is 26.6 Å². The number of amides is 1. The molecule has 0 aliphatic rings. The van der Waals surface area contributed by atoms with Gasteiger partial charge in [-0.3, -0.25) is 9.36 Å². The summed E-state index contributed by atoms with van der Waals surface area (Å²) in [5.74, 6) is -0.204. The van der Waals surface area contributed by atoms with Crippen LogP contribution in [0.1, 0.15) is 328 Å². The predicted octanol–water partition coefficient (Wildman–Crippen LogP) is 19.9. The molecule has 0 bridgehead atoms. The molecule has 0 spiro atoms. The number of carbonyl (C=O) groups excluding carboxylic acids is 1. The molecule has 444 valence electrons. The molecule has 0 aliphatic carbocycles. The van der Waals surface area contributed by atoms with Gasteiger partial charge in [-0.2, -0.15) is 0 Å². The highest BCUT2D eigenvalue weighted by molar-refractivity contribution is 7.45. The van der Waals surface area contributed by atoms with Crippen molar-refractivity contribution in [2.75, 3.05) is 40.9 Å². The number of hydrogen-bond donors (Lipinski definition) is 2. The van der Waals surface area contributed by atoms with Crippen molar-refractivity contribution in [2.45, 2.75) is 341 Å². The molecule has 0 saturated carbocycles. The maximum Gasteiger partial charge on any atom is 0.268 e. The first-order chi connectivity index (χ1) is 36.5. The Bertz CT molecular complexity index is 1320. The van der Waals surface area contributed by atoms with Gasteiger partial charge in [0, 0.05) is 6.42 Å². The summed E-state index contributed by atoms with van der Waals surface area (Å²) in [6, 6.07) is -0.909. The van der Waals surface area contributed by atoms with Crippen molar-refractivity contribution in [1.82, 2.24) is 5.32 Å². The summed E-state index contributed by atoms with van der Waals surface area (Å²) in [6.45, 7) is 4.67. The monoisotopic (exact) mass is 1080 g/mol. The summed E-state index contributed by atoms with van der Waals surface area (Å²) in [4.78, 5) is 25.6. The molecule has 0 heterocycles. The van der Waals surface area contributed by atoms with Crippen molar-refractivity contribution in [3.63, 3.8) is 0 Å². The van der Waals surface area contributed by atoms with E-state index in [1.165, 1.54) is 263 Å². The number of nitrogens with zero attached hydrogens (tertiary/aromatic N) is 1. The van der Waals surface area contributed by atoms with E-state index in [9.17, 15) is 19.4 Å². The van der Waals surface area contributed by atoms with Crippen LogP contribution in [0.25, 0.3) is 0 Å². The second-order valence-corrected chi connectivity index (χ2v) is 25.2. The van der Waals surface area contributed by atoms with Crippen molar-refractivity contribution in [2.24, 2.45) is 0 Å². The lowest BCUT2D eigenvalue weighted by Gasteiger charge is -2.29. The molecular weight excluding hydrogens is 948 g/mol. The smallest absolute Gasteiger partial charge is 0.268 e. The number of nitrogens with one attached hydrogen (secondary N) is 1. The van der Waals surface area contributed by atoms with Crippen molar-refractivity contribution >= 4 is 13.7 Å². The molecule has 0 saturated heterocycles. The quantitative estimate of drug-likeness (QED) is 0.0272. The topological polar surface area (TPSA) is 108 Å². The molecule has 3 unspecified atom stereocenters. The molecular formula is C66H129N2O6P. The highest BCUT2D eigenvalue weighted by atomic mass is 31.2. The molecule has 0 radical (unpaired) electrons. The molecule has 0 aromatic heterocycles. The Balaban J connectivity index is 4.13. The van der Waals surface area contributed by atoms with Gasteiger partial charge in [-0.25, -0.2) is 0 Å². The zero-order valence-corrected chi connectivity index (χ0v) is 51.7. The van der Waals surface area contributed by atoms with Gasteiger partial charge in [0.15, 0.2) is 0 Å². The number of likely N-dealkylation sites (N-methyl/N-ethyl adjacent to an activating group) is 1. The Labute approximate surface area is 467 Å². The number of rotatable bonds is 61. The fourth-order valence-electron chi connectivity index (χ4n) is 9.95. The van der Waals surface area contributed by atoms with Crippen LogP contribution in [0.2, 0.25) is 0 Å². The minimum Gasteiger partial charge on any atom is -0.756 e. The van der Waals surface area contributed by atoms with Gasteiger partial charge in [0.25, 0.3) is 7.82 Å². The average Bonchev–Trinajstić information content (AvgIpc) is 3.37. The Morgan fingerprint density at radius 2 is 0.747 bits per heavy atom. The lowest BCUT2D eigenvalue weighted by Crippen LogP contribution is -2.45. The lowest BCUT2D eigenvalue weighted by atomic mass is 10.0. The minimum absolute atomic E-state index is 0.00717. The van der Waals surface area contributed by atoms with E-state index in [-0.39, 0.29) is 12.5 Å². The number of aliphatic hydroxyl groups excluding tert-OH is 1. The lowest BCUT2D eigenvalue weighted by molar-refractivity contribution is -0.870. The molecule has 0 aromatic carbocycles. The SMILES string of the molecule is CCCCCCCCCCCCCCCC/C=C/CC/C=C/CC/C=C/C(O)C(COP(=O)([O-])OCC[N+](C)(C)C)NC(=O)CCCCCCCCCCCCCCCCCCCCCCCCCCCCCCC. The van der Waals surface area contributed by atoms with Crippen LogP contribution in [0.5, 0.6) is 0 Å². The van der Waals surface area contributed by atoms with Gasteiger partial charge in [-0.05, 0) is 44.9 Å². The zero-order valence-electron chi connectivity index (χ0n) is 50.8. The van der Waals surface area contributed by atoms with E-state index >= 15 is 0 Å². The van der Waals surface area contributed by atoms with Gasteiger partial charge in [0.1, 0.15) is 13.2 Å². The highest BCUT2D eigenvalue weighted by Crippen LogP contribution is 2.38. The minimum atomic E-state index is -4.61. The first kappa shape index (κ1) is 73.7. The molecule has 9 heteroatoms. The molecule has 0 aliphatic heterocycles. The summed E-state index contributed by atoms with van der Waals surface area (Å²) in [5.41, 5.74) is 0. The van der Waals surface area contributed by atoms with E-state index in [1.54, 1.807) is 6.08 Å². The molecule has 0 fully saturated rings. The molecule has 0 rings (SSSR count). The van der Waals surface area contributed by atoms with Gasteiger partial charge in [0.05, 0.1) is 39.9 Å². The fourth-order valence-corrected chi connectivity index (χ4v) is 10.7. The van der Waals surface area contributed by atoms with Crippen LogP contribution in [0.4, 0.5) is 0 Å². The average molecular weight is 1080 g/mol. The van der Waals surface area contributed by atoms with Crippen LogP contribution in [-0.2, 0) is 18.4 Å². The Morgan fingerprint density at radius 3 is 1.08 bits per heavy atom. The summed E-state index contributed by atoms with van der Waals surface area (Å²) < 4.78 is 23.4. The molecule has 75 heavy (non-hydrogen) atoms. The maximum absolute atomic E-state index is 13.0. The number of phosphoric acid groups is 1. The van der Waals surface area contributed by atoms with Gasteiger partial charge in [0.2, 0.25) is 5.91 Å². The van der Waals surface area contributed by atoms with Crippen LogP contribution in [0.3, 0.4) is 0 Å². The van der Waals surface area contributed by atoms with Gasteiger partial charge >= 0.3 is 0 Å². The predicted molar refractivity (Wildman–Crippen MR) is 325 cm³/mol. The maximum atomic E-state index is 13.0. The summed E-state index contributed by atoms with van der Waals surface area (Å²) in [6.07, 6.45) is 75.5. The van der Waals surface area contributed by atoms with Crippen LogP contribution in [0.15, 0.2) is 36.5 Å². The molecule has 0 aromatic rings. The number of aliphatic hydroxyl groups is 1. The largest absolute Gasteiger partial charge is 0.756 e. The normalized spacial score (nSPS) is 14.0. The number of unbranched alkanes of at least 4 members (excludes halogenated alkanes) is 44. The highest BCUT2D eigenvalue weighted by Gasteiger charge is 2.23. The van der Waals surface area contributed by atoms with E-state index in [0.29, 0.717) is 17.4 Å². The van der Waals surface area contributed by atoms with Crippen LogP contribution in [-0.4, -0.2) is 68.5 Å². The van der Waals surface area contributed by atoms with Gasteiger partial charge < -0.3 is 28.8 Å². The van der Waals surface area contributed by atoms with Crippen molar-refractivity contribution < 1.29 is 32.9 Å². The first-order valence-corrected chi connectivity index (χ1v) is 34.3. The second-order valence-electron chi connectivity index (χ2n) is 23.8. The summed E-state index contributed by atoms with van der Waals surface area (Å²) in [5, 5.41) is 13.9. The van der Waals surface area contributed by atoms with Gasteiger partial charge in [-0.15, -0.1) is 0 Å². The third-order valence-electron chi connectivity index (χ3n) is 15.1. The van der Waals surface area contributed by atoms with Crippen molar-refractivity contribution in [3.05, 3.63) is 36.5 Å². The molecule has 1 amide bonds. The first-order valence-electron chi connectivity index (χ1n) is 32.9. The standard InChI is InChI=1S/C66H129N2O6P/c1-6-8-10-12-14-16-18-20-22-24-26-28-30-32-33-34-35-36-38-40-42-44-46-48-50-52-54-56-58-60-66(70)67-64(63-74-75(71,72)73-62-61-68(3,4)5)65(69)59-57-55-53-51-49-47-45-43-41-39-37-31-29-27-25-23-21-19-17-15-13-11-9-7-2/h41,43,49,51,57,59,64-65,69H,6-40,42,44-48,50,52-56,58,60-63H2,1-5H3,(H-,67,70,71,72)/b43-41+,51-49+,59-57+. The molecule has 8 nitrogen and oxygen atoms in total. The Hall–Kier alpha value is -1.28. The fraction of sp³-hybridized carbons (Fsp3) is 0.894. The number of quaternary nitrogens is 1. The molecule has 2 N–H and O–H groups in total. The van der Waals surface area contributed by atoms with Crippen molar-refractivity contribution in [3.8, 4) is 0 Å². The van der Waals surface area contributed by atoms with Crippen molar-refractivity contribution in [1.29, 1.82) is 0 Å². The number of phosphoric ester groups is 1. The number of allylic oxidation sites excluding steroid dienone is 5.